The number of methoxy groups -OCH3 is 1. The van der Waals surface area contributed by atoms with E-state index in [4.69, 9.17) is 26.1 Å². The first-order valence-electron chi connectivity index (χ1n) is 10.4. The van der Waals surface area contributed by atoms with E-state index in [1.165, 1.54) is 5.56 Å². The van der Waals surface area contributed by atoms with Crippen LogP contribution >= 0.6 is 11.6 Å². The van der Waals surface area contributed by atoms with Crippen molar-refractivity contribution < 1.29 is 9.47 Å². The molecule has 0 amide bonds. The highest BCUT2D eigenvalue weighted by Crippen LogP contribution is 2.25. The normalized spacial score (nSPS) is 16.5. The molecule has 0 spiro atoms. The zero-order valence-electron chi connectivity index (χ0n) is 17.8. The number of aliphatic imine (C=N–C) groups is 1. The third kappa shape index (κ3) is 7.26. The first-order chi connectivity index (χ1) is 13.5. The summed E-state index contributed by atoms with van der Waals surface area (Å²) in [6, 6.07) is 8.09. The highest BCUT2D eigenvalue weighted by Gasteiger charge is 2.24. The van der Waals surface area contributed by atoms with Gasteiger partial charge in [-0.2, -0.15) is 0 Å². The molecule has 28 heavy (non-hydrogen) atoms. The lowest BCUT2D eigenvalue weighted by Crippen LogP contribution is -2.47. The fraction of sp³-hybridized carbons (Fsp3) is 0.682. The largest absolute Gasteiger partial charge is 0.385 e. The van der Waals surface area contributed by atoms with Crippen LogP contribution in [0.5, 0.6) is 0 Å². The zero-order chi connectivity index (χ0) is 20.4. The Labute approximate surface area is 175 Å². The zero-order valence-corrected chi connectivity index (χ0v) is 18.6. The van der Waals surface area contributed by atoms with Crippen LogP contribution in [0.2, 0.25) is 5.02 Å². The van der Waals surface area contributed by atoms with Gasteiger partial charge < -0.3 is 19.7 Å². The van der Waals surface area contributed by atoms with Crippen LogP contribution in [-0.4, -0.2) is 63.5 Å². The first kappa shape index (κ1) is 23.0. The van der Waals surface area contributed by atoms with Crippen LogP contribution in [-0.2, 0) is 14.9 Å². The van der Waals surface area contributed by atoms with Gasteiger partial charge in [-0.15, -0.1) is 0 Å². The number of rotatable bonds is 9. The molecule has 1 N–H and O–H groups in total. The number of hydrogen-bond acceptors (Lipinski definition) is 3. The SMILES string of the molecule is CCNC(=NCC(C)(C)c1ccc(Cl)cc1)N1CCC(OCCCOC)CC1. The molecule has 0 saturated carbocycles. The molecule has 0 unspecified atom stereocenters. The molecule has 158 valence electrons. The van der Waals surface area contributed by atoms with Crippen molar-refractivity contribution in [1.29, 1.82) is 0 Å². The third-order valence-electron chi connectivity index (χ3n) is 5.17. The van der Waals surface area contributed by atoms with E-state index in [0.29, 0.717) is 6.10 Å². The lowest BCUT2D eigenvalue weighted by atomic mass is 9.85. The lowest BCUT2D eigenvalue weighted by molar-refractivity contribution is 0.00989. The van der Waals surface area contributed by atoms with Crippen molar-refractivity contribution in [2.24, 2.45) is 4.99 Å². The van der Waals surface area contributed by atoms with E-state index in [1.54, 1.807) is 7.11 Å². The number of benzene rings is 1. The van der Waals surface area contributed by atoms with Gasteiger partial charge in [-0.3, -0.25) is 4.99 Å². The minimum Gasteiger partial charge on any atom is -0.385 e. The minimum absolute atomic E-state index is 0.0476. The second-order valence-electron chi connectivity index (χ2n) is 7.96. The van der Waals surface area contributed by atoms with Gasteiger partial charge in [0.15, 0.2) is 5.96 Å². The molecule has 2 rings (SSSR count). The number of halogens is 1. The summed E-state index contributed by atoms with van der Waals surface area (Å²) >= 11 is 6.03. The number of piperidine rings is 1. The van der Waals surface area contributed by atoms with Crippen molar-refractivity contribution in [3.63, 3.8) is 0 Å². The highest BCUT2D eigenvalue weighted by molar-refractivity contribution is 6.30. The molecule has 1 fully saturated rings. The van der Waals surface area contributed by atoms with Crippen LogP contribution in [0.3, 0.4) is 0 Å². The number of nitrogens with zero attached hydrogens (tertiary/aromatic N) is 2. The second-order valence-corrected chi connectivity index (χ2v) is 8.40. The van der Waals surface area contributed by atoms with Crippen molar-refractivity contribution in [2.45, 2.75) is 51.6 Å². The summed E-state index contributed by atoms with van der Waals surface area (Å²) in [4.78, 5) is 7.32. The standard InChI is InChI=1S/C22H36ClN3O2/c1-5-24-21(25-17-22(2,3)18-7-9-19(23)10-8-18)26-13-11-20(12-14-26)28-16-6-15-27-4/h7-10,20H,5-6,11-17H2,1-4H3,(H,24,25). The summed E-state index contributed by atoms with van der Waals surface area (Å²) in [5.74, 6) is 1.00. The fourth-order valence-electron chi connectivity index (χ4n) is 3.38. The Hall–Kier alpha value is -1.30. The molecule has 0 bridgehead atoms. The molecule has 1 saturated heterocycles. The van der Waals surface area contributed by atoms with E-state index in [0.717, 1.165) is 69.6 Å². The van der Waals surface area contributed by atoms with Crippen molar-refractivity contribution in [3.8, 4) is 0 Å². The molecule has 0 aliphatic carbocycles. The van der Waals surface area contributed by atoms with E-state index in [2.05, 4.69) is 43.1 Å². The summed E-state index contributed by atoms with van der Waals surface area (Å²) in [7, 11) is 1.73. The molecule has 1 aromatic rings. The van der Waals surface area contributed by atoms with Crippen LogP contribution in [0.4, 0.5) is 0 Å². The summed E-state index contributed by atoms with van der Waals surface area (Å²) in [6.07, 6.45) is 3.39. The average molecular weight is 410 g/mol. The predicted molar refractivity (Wildman–Crippen MR) is 117 cm³/mol. The topological polar surface area (TPSA) is 46.1 Å². The number of guanidine groups is 1. The van der Waals surface area contributed by atoms with Crippen LogP contribution in [0, 0.1) is 0 Å². The predicted octanol–water partition coefficient (Wildman–Crippen LogP) is 4.10. The molecule has 0 atom stereocenters. The van der Waals surface area contributed by atoms with Gasteiger partial charge in [0, 0.05) is 50.4 Å². The van der Waals surface area contributed by atoms with Gasteiger partial charge in [0.25, 0.3) is 0 Å². The molecule has 5 nitrogen and oxygen atoms in total. The van der Waals surface area contributed by atoms with E-state index in [1.807, 2.05) is 12.1 Å². The van der Waals surface area contributed by atoms with Crippen molar-refractivity contribution in [1.82, 2.24) is 10.2 Å². The average Bonchev–Trinajstić information content (AvgIpc) is 2.69. The van der Waals surface area contributed by atoms with Gasteiger partial charge in [0.1, 0.15) is 0 Å². The third-order valence-corrected chi connectivity index (χ3v) is 5.42. The number of nitrogens with one attached hydrogen (secondary N) is 1. The van der Waals surface area contributed by atoms with Gasteiger partial charge in [-0.1, -0.05) is 37.6 Å². The Balaban J connectivity index is 1.91. The molecular weight excluding hydrogens is 374 g/mol. The van der Waals surface area contributed by atoms with E-state index >= 15 is 0 Å². The summed E-state index contributed by atoms with van der Waals surface area (Å²) in [5, 5.41) is 4.23. The molecular formula is C22H36ClN3O2. The Morgan fingerprint density at radius 1 is 1.21 bits per heavy atom. The Morgan fingerprint density at radius 2 is 1.89 bits per heavy atom. The van der Waals surface area contributed by atoms with E-state index in [-0.39, 0.29) is 5.41 Å². The molecule has 1 aromatic carbocycles. The van der Waals surface area contributed by atoms with Gasteiger partial charge in [0.05, 0.1) is 12.6 Å². The maximum absolute atomic E-state index is 6.03. The molecule has 0 radical (unpaired) electrons. The van der Waals surface area contributed by atoms with Crippen LogP contribution in [0.15, 0.2) is 29.3 Å². The van der Waals surface area contributed by atoms with E-state index < -0.39 is 0 Å². The van der Waals surface area contributed by atoms with Crippen molar-refractivity contribution in [3.05, 3.63) is 34.9 Å². The summed E-state index contributed by atoms with van der Waals surface area (Å²) < 4.78 is 11.1. The number of ether oxygens (including phenoxy) is 2. The number of likely N-dealkylation sites (tertiary alicyclic amines) is 1. The van der Waals surface area contributed by atoms with Gasteiger partial charge >= 0.3 is 0 Å². The van der Waals surface area contributed by atoms with E-state index in [9.17, 15) is 0 Å². The smallest absolute Gasteiger partial charge is 0.193 e. The molecule has 0 aromatic heterocycles. The minimum atomic E-state index is -0.0476. The molecule has 1 aliphatic rings. The lowest BCUT2D eigenvalue weighted by Gasteiger charge is -2.35. The fourth-order valence-corrected chi connectivity index (χ4v) is 3.50. The maximum Gasteiger partial charge on any atom is 0.193 e. The summed E-state index contributed by atoms with van der Waals surface area (Å²) in [5.41, 5.74) is 1.20. The first-order valence-corrected chi connectivity index (χ1v) is 10.7. The van der Waals surface area contributed by atoms with Gasteiger partial charge in [-0.05, 0) is 43.9 Å². The second kappa shape index (κ2) is 11.6. The van der Waals surface area contributed by atoms with Crippen LogP contribution < -0.4 is 5.32 Å². The highest BCUT2D eigenvalue weighted by atomic mass is 35.5. The summed E-state index contributed by atoms with van der Waals surface area (Å²) in [6.45, 7) is 11.7. The van der Waals surface area contributed by atoms with Crippen LogP contribution in [0.1, 0.15) is 45.6 Å². The molecule has 1 aliphatic heterocycles. The Bertz CT molecular complexity index is 596. The Morgan fingerprint density at radius 3 is 2.50 bits per heavy atom. The molecule has 1 heterocycles. The van der Waals surface area contributed by atoms with Crippen molar-refractivity contribution >= 4 is 17.6 Å². The quantitative estimate of drug-likeness (QED) is 0.379. The maximum atomic E-state index is 6.03. The monoisotopic (exact) mass is 409 g/mol. The van der Waals surface area contributed by atoms with Crippen LogP contribution in [0.25, 0.3) is 0 Å². The Kier molecular flexibility index (Phi) is 9.56. The molecule has 6 heteroatoms. The number of hydrogen-bond donors (Lipinski definition) is 1. The van der Waals surface area contributed by atoms with Crippen molar-refractivity contribution in [2.75, 3.05) is 46.5 Å². The van der Waals surface area contributed by atoms with Gasteiger partial charge in [0.2, 0.25) is 0 Å². The van der Waals surface area contributed by atoms with Gasteiger partial charge in [-0.25, -0.2) is 0 Å².